The molecule has 5 rings (SSSR count). The van der Waals surface area contributed by atoms with Gasteiger partial charge in [0.15, 0.2) is 47.1 Å². The number of rotatable bonds is 30. The zero-order valence-electron chi connectivity index (χ0n) is 37.0. The molecule has 2 fully saturated rings. The molecule has 0 N–H and O–H groups in total. The average Bonchev–Trinajstić information content (AvgIpc) is 3.27. The third-order valence-corrected chi connectivity index (χ3v) is 10.9. The molecule has 3 aliphatic rings. The Labute approximate surface area is 358 Å². The molecule has 12 heteroatoms. The molecule has 1 aliphatic carbocycles. The Bertz CT molecular complexity index is 1480. The van der Waals surface area contributed by atoms with Crippen molar-refractivity contribution in [3.05, 3.63) is 34.4 Å². The van der Waals surface area contributed by atoms with Gasteiger partial charge < -0.3 is 47.4 Å². The zero-order valence-corrected chi connectivity index (χ0v) is 37.0. The molecular weight excluding hydrogens is 769 g/mol. The predicted octanol–water partition coefficient (Wildman–Crippen LogP) is 10.6. The van der Waals surface area contributed by atoms with Gasteiger partial charge in [0.25, 0.3) is 0 Å². The van der Waals surface area contributed by atoms with Crippen LogP contribution in [0.3, 0.4) is 0 Å². The number of carbonyl (C=O) groups is 2. The molecule has 2 atom stereocenters. The van der Waals surface area contributed by atoms with Gasteiger partial charge >= 0.3 is 0 Å². The average molecular weight is 841 g/mol. The summed E-state index contributed by atoms with van der Waals surface area (Å²) >= 11 is 0. The van der Waals surface area contributed by atoms with Crippen molar-refractivity contribution in [1.29, 1.82) is 0 Å². The van der Waals surface area contributed by atoms with E-state index in [0.717, 1.165) is 116 Å². The van der Waals surface area contributed by atoms with Crippen LogP contribution in [0.25, 0.3) is 0 Å². The Morgan fingerprint density at radius 1 is 0.450 bits per heavy atom. The molecule has 2 heterocycles. The fourth-order valence-electron chi connectivity index (χ4n) is 7.53. The van der Waals surface area contributed by atoms with Crippen molar-refractivity contribution in [3.63, 3.8) is 0 Å². The van der Waals surface area contributed by atoms with Gasteiger partial charge in [0, 0.05) is 24.3 Å². The van der Waals surface area contributed by atoms with E-state index in [1.165, 1.54) is 0 Å². The van der Waals surface area contributed by atoms with Gasteiger partial charge in [-0.05, 0) is 76.3 Å². The standard InChI is InChI=1S/C48H72O12/c1-5-9-15-23-51-37-33-35-41(47(45(37)57-27-17-11-7-3)59-31-29-55-39-21-13-19-25-53-39)44(50)36-34-38(52-24-16-10-6-2)46(58-28-18-12-8-4)48(42(36)43(35)49)60-32-30-56-40-22-14-20-26-54-40/h33-34,39-40H,5-32H2,1-4H3. The van der Waals surface area contributed by atoms with E-state index >= 15 is 9.59 Å². The van der Waals surface area contributed by atoms with E-state index < -0.39 is 11.6 Å². The van der Waals surface area contributed by atoms with Crippen LogP contribution in [0, 0.1) is 0 Å². The number of ketones is 2. The highest BCUT2D eigenvalue weighted by molar-refractivity contribution is 6.31. The van der Waals surface area contributed by atoms with Crippen LogP contribution in [0.15, 0.2) is 12.1 Å². The lowest BCUT2D eigenvalue weighted by molar-refractivity contribution is -0.165. The SMILES string of the molecule is CCCCCOc1cc2c(c(OCCOC3CCCCO3)c1OCCCCC)C(=O)c1cc(OCCCCC)c(OCCCCC)c(OCCOC3CCCCO3)c1C2=O. The summed E-state index contributed by atoms with van der Waals surface area (Å²) in [5.74, 6) is 0.848. The van der Waals surface area contributed by atoms with Gasteiger partial charge in [-0.1, -0.05) is 79.1 Å². The van der Waals surface area contributed by atoms with Gasteiger partial charge in [0.1, 0.15) is 13.2 Å². The summed E-state index contributed by atoms with van der Waals surface area (Å²) in [6, 6.07) is 3.28. The summed E-state index contributed by atoms with van der Waals surface area (Å²) < 4.78 is 62.3. The normalized spacial score (nSPS) is 17.5. The molecule has 0 amide bonds. The van der Waals surface area contributed by atoms with Gasteiger partial charge in [0.2, 0.25) is 11.5 Å². The second-order valence-corrected chi connectivity index (χ2v) is 15.8. The molecule has 0 radical (unpaired) electrons. The molecule has 2 aliphatic heterocycles. The summed E-state index contributed by atoms with van der Waals surface area (Å²) in [6.07, 6.45) is 16.3. The number of benzene rings is 2. The van der Waals surface area contributed by atoms with Crippen molar-refractivity contribution in [2.45, 2.75) is 156 Å². The lowest BCUT2D eigenvalue weighted by Gasteiger charge is -2.28. The van der Waals surface area contributed by atoms with Crippen LogP contribution in [0.5, 0.6) is 34.5 Å². The topological polar surface area (TPSA) is 126 Å². The molecule has 60 heavy (non-hydrogen) atoms. The van der Waals surface area contributed by atoms with Crippen molar-refractivity contribution in [1.82, 2.24) is 0 Å². The minimum absolute atomic E-state index is 0.0978. The molecule has 2 unspecified atom stereocenters. The smallest absolute Gasteiger partial charge is 0.204 e. The van der Waals surface area contributed by atoms with Crippen LogP contribution in [0.2, 0.25) is 0 Å². The third kappa shape index (κ3) is 13.7. The molecule has 0 spiro atoms. The van der Waals surface area contributed by atoms with Crippen molar-refractivity contribution in [2.75, 3.05) is 66.1 Å². The van der Waals surface area contributed by atoms with Crippen molar-refractivity contribution in [3.8, 4) is 34.5 Å². The second-order valence-electron chi connectivity index (χ2n) is 15.8. The van der Waals surface area contributed by atoms with E-state index in [9.17, 15) is 0 Å². The van der Waals surface area contributed by atoms with E-state index in [-0.39, 0.29) is 72.8 Å². The monoisotopic (exact) mass is 841 g/mol. The van der Waals surface area contributed by atoms with Gasteiger partial charge in [-0.15, -0.1) is 0 Å². The molecule has 336 valence electrons. The summed E-state index contributed by atoms with van der Waals surface area (Å²) in [7, 11) is 0. The van der Waals surface area contributed by atoms with Crippen LogP contribution in [0.4, 0.5) is 0 Å². The zero-order chi connectivity index (χ0) is 42.4. The first-order valence-corrected chi connectivity index (χ1v) is 23.3. The Kier molecular flexibility index (Phi) is 21.1. The fourth-order valence-corrected chi connectivity index (χ4v) is 7.53. The Morgan fingerprint density at radius 3 is 1.17 bits per heavy atom. The molecule has 0 saturated carbocycles. The molecule has 12 nitrogen and oxygen atoms in total. The highest BCUT2D eigenvalue weighted by atomic mass is 16.7. The molecule has 2 aromatic rings. The fraction of sp³-hybridized carbons (Fsp3) is 0.708. The Hall–Kier alpha value is -3.58. The second kappa shape index (κ2) is 26.7. The number of fused-ring (bicyclic) bond motifs is 2. The molecule has 2 saturated heterocycles. The van der Waals surface area contributed by atoms with Crippen LogP contribution < -0.4 is 28.4 Å². The summed E-state index contributed by atoms with van der Waals surface area (Å²) in [4.78, 5) is 30.3. The number of unbranched alkanes of at least 4 members (excludes halogenated alkanes) is 8. The van der Waals surface area contributed by atoms with Crippen molar-refractivity contribution in [2.24, 2.45) is 0 Å². The van der Waals surface area contributed by atoms with Gasteiger partial charge in [0.05, 0.1) is 50.8 Å². The summed E-state index contributed by atoms with van der Waals surface area (Å²) in [6.45, 7) is 12.1. The van der Waals surface area contributed by atoms with Crippen LogP contribution in [-0.4, -0.2) is 90.2 Å². The molecular formula is C48H72O12. The first kappa shape index (κ1) is 47.5. The highest BCUT2D eigenvalue weighted by Crippen LogP contribution is 2.51. The Morgan fingerprint density at radius 2 is 0.817 bits per heavy atom. The lowest BCUT2D eigenvalue weighted by Crippen LogP contribution is -2.27. The minimum Gasteiger partial charge on any atom is -0.490 e. The molecule has 0 aromatic heterocycles. The lowest BCUT2D eigenvalue weighted by atomic mass is 9.82. The van der Waals surface area contributed by atoms with E-state index in [2.05, 4.69) is 27.7 Å². The van der Waals surface area contributed by atoms with Crippen LogP contribution >= 0.6 is 0 Å². The first-order valence-electron chi connectivity index (χ1n) is 23.3. The van der Waals surface area contributed by atoms with Crippen molar-refractivity contribution >= 4 is 11.6 Å². The predicted molar refractivity (Wildman–Crippen MR) is 230 cm³/mol. The van der Waals surface area contributed by atoms with E-state index in [1.807, 2.05) is 0 Å². The number of ether oxygens (including phenoxy) is 10. The summed E-state index contributed by atoms with van der Waals surface area (Å²) in [5.41, 5.74) is 0.529. The maximum absolute atomic E-state index is 15.1. The Balaban J connectivity index is 1.58. The van der Waals surface area contributed by atoms with Crippen LogP contribution in [0.1, 0.15) is 175 Å². The number of hydrogen-bond donors (Lipinski definition) is 0. The van der Waals surface area contributed by atoms with E-state index in [4.69, 9.17) is 47.4 Å². The largest absolute Gasteiger partial charge is 0.490 e. The minimum atomic E-state index is -0.408. The third-order valence-electron chi connectivity index (χ3n) is 10.9. The van der Waals surface area contributed by atoms with Gasteiger partial charge in [-0.2, -0.15) is 0 Å². The summed E-state index contributed by atoms with van der Waals surface area (Å²) in [5, 5.41) is 0. The quantitative estimate of drug-likeness (QED) is 0.0593. The van der Waals surface area contributed by atoms with Crippen LogP contribution in [-0.2, 0) is 18.9 Å². The molecule has 2 aromatic carbocycles. The van der Waals surface area contributed by atoms with Gasteiger partial charge in [-0.25, -0.2) is 0 Å². The number of hydrogen-bond acceptors (Lipinski definition) is 12. The highest BCUT2D eigenvalue weighted by Gasteiger charge is 2.41. The van der Waals surface area contributed by atoms with E-state index in [0.29, 0.717) is 62.6 Å². The van der Waals surface area contributed by atoms with Crippen molar-refractivity contribution < 1.29 is 57.0 Å². The number of carbonyl (C=O) groups excluding carboxylic acids is 2. The molecule has 0 bridgehead atoms. The van der Waals surface area contributed by atoms with E-state index in [1.54, 1.807) is 12.1 Å². The maximum atomic E-state index is 15.1. The van der Waals surface area contributed by atoms with Gasteiger partial charge in [-0.3, -0.25) is 9.59 Å². The maximum Gasteiger partial charge on any atom is 0.204 e. The first-order chi connectivity index (χ1) is 29.5.